The predicted molar refractivity (Wildman–Crippen MR) is 89.1 cm³/mol. The molecule has 0 spiro atoms. The summed E-state index contributed by atoms with van der Waals surface area (Å²) >= 11 is 7.31. The van der Waals surface area contributed by atoms with Crippen molar-refractivity contribution in [3.05, 3.63) is 45.9 Å². The van der Waals surface area contributed by atoms with Gasteiger partial charge in [0.1, 0.15) is 0 Å². The molecule has 1 fully saturated rings. The van der Waals surface area contributed by atoms with Crippen LogP contribution in [0.5, 0.6) is 0 Å². The summed E-state index contributed by atoms with van der Waals surface area (Å²) in [5.74, 6) is -0.439. The molecule has 1 saturated carbocycles. The van der Waals surface area contributed by atoms with Gasteiger partial charge in [-0.3, -0.25) is 0 Å². The number of likely N-dealkylation sites (N-methyl/N-ethyl adjacent to an activating group) is 1. The number of rotatable bonds is 5. The van der Waals surface area contributed by atoms with Gasteiger partial charge in [-0.15, -0.1) is 0 Å². The minimum absolute atomic E-state index is 0.194. The van der Waals surface area contributed by atoms with Crippen LogP contribution in [0.3, 0.4) is 0 Å². The maximum Gasteiger partial charge on any atom is 0.351 e. The van der Waals surface area contributed by atoms with Crippen molar-refractivity contribution in [1.29, 1.82) is 0 Å². The van der Waals surface area contributed by atoms with Gasteiger partial charge in [-0.05, 0) is 18.4 Å². The molecule has 0 unspecified atom stereocenters. The van der Waals surface area contributed by atoms with Gasteiger partial charge in [0.2, 0.25) is 0 Å². The first-order valence-corrected chi connectivity index (χ1v) is 8.26. The number of halogens is 1. The highest BCUT2D eigenvalue weighted by molar-refractivity contribution is 7.18. The number of benzene rings is 1. The second-order valence-electron chi connectivity index (χ2n) is 5.61. The van der Waals surface area contributed by atoms with Crippen LogP contribution in [-0.2, 0) is 10.2 Å². The van der Waals surface area contributed by atoms with Gasteiger partial charge in [-0.1, -0.05) is 53.3 Å². The lowest BCUT2D eigenvalue weighted by molar-refractivity contribution is 0.0606. The molecule has 22 heavy (non-hydrogen) atoms. The molecular weight excluding hydrogens is 320 g/mol. The highest BCUT2D eigenvalue weighted by Gasteiger charge is 2.45. The molecule has 0 radical (unpaired) electrons. The first-order valence-electron chi connectivity index (χ1n) is 7.07. The third-order valence-corrected chi connectivity index (χ3v) is 5.59. The molecule has 0 aliphatic heterocycles. The molecule has 1 heterocycles. The zero-order valence-electron chi connectivity index (χ0n) is 12.5. The molecule has 1 aliphatic rings. The van der Waals surface area contributed by atoms with Gasteiger partial charge in [0, 0.05) is 19.0 Å². The number of anilines is 1. The monoisotopic (exact) mass is 336 g/mol. The summed E-state index contributed by atoms with van der Waals surface area (Å²) in [5.41, 5.74) is 1.55. The Morgan fingerprint density at radius 2 is 2.09 bits per heavy atom. The average molecular weight is 337 g/mol. The van der Waals surface area contributed by atoms with Gasteiger partial charge in [-0.25, -0.2) is 9.78 Å². The molecule has 0 saturated heterocycles. The second kappa shape index (κ2) is 5.89. The lowest BCUT2D eigenvalue weighted by Gasteiger charge is -2.23. The Morgan fingerprint density at radius 3 is 2.68 bits per heavy atom. The lowest BCUT2D eigenvalue weighted by atomic mass is 9.96. The van der Waals surface area contributed by atoms with Crippen LogP contribution in [0.1, 0.15) is 28.1 Å². The summed E-state index contributed by atoms with van der Waals surface area (Å²) in [4.78, 5) is 18.4. The number of hydrogen-bond acceptors (Lipinski definition) is 5. The number of ether oxygens (including phenoxy) is 1. The van der Waals surface area contributed by atoms with Gasteiger partial charge in [0.05, 0.1) is 7.11 Å². The molecule has 2 aromatic rings. The van der Waals surface area contributed by atoms with Crippen LogP contribution < -0.4 is 4.90 Å². The number of nitrogens with zero attached hydrogens (tertiary/aromatic N) is 2. The minimum Gasteiger partial charge on any atom is -0.465 e. The fourth-order valence-corrected chi connectivity index (χ4v) is 3.83. The van der Waals surface area contributed by atoms with E-state index in [1.807, 2.05) is 13.1 Å². The molecule has 1 aliphatic carbocycles. The van der Waals surface area contributed by atoms with Crippen molar-refractivity contribution >= 4 is 34.0 Å². The first kappa shape index (κ1) is 15.3. The van der Waals surface area contributed by atoms with E-state index in [2.05, 4.69) is 34.1 Å². The lowest BCUT2D eigenvalue weighted by Crippen LogP contribution is -2.29. The topological polar surface area (TPSA) is 42.4 Å². The van der Waals surface area contributed by atoms with Crippen molar-refractivity contribution in [2.75, 3.05) is 25.6 Å². The largest absolute Gasteiger partial charge is 0.465 e. The molecule has 0 amide bonds. The van der Waals surface area contributed by atoms with Crippen molar-refractivity contribution in [2.45, 2.75) is 18.3 Å². The molecule has 6 heteroatoms. The van der Waals surface area contributed by atoms with Crippen molar-refractivity contribution in [1.82, 2.24) is 4.98 Å². The standard InChI is InChI=1S/C16H17ClN2O2S/c1-19(15-18-13(17)12(22-15)14(20)21-2)10-16(8-9-16)11-6-4-3-5-7-11/h3-7H,8-10H2,1-2H3. The van der Waals surface area contributed by atoms with E-state index < -0.39 is 5.97 Å². The van der Waals surface area contributed by atoms with E-state index in [4.69, 9.17) is 16.3 Å². The second-order valence-corrected chi connectivity index (χ2v) is 6.95. The van der Waals surface area contributed by atoms with Crippen LogP contribution in [0.4, 0.5) is 5.13 Å². The molecule has 4 nitrogen and oxygen atoms in total. The predicted octanol–water partition coefficient (Wildman–Crippen LogP) is 3.75. The summed E-state index contributed by atoms with van der Waals surface area (Å²) in [6, 6.07) is 10.5. The van der Waals surface area contributed by atoms with Crippen molar-refractivity contribution in [3.63, 3.8) is 0 Å². The van der Waals surface area contributed by atoms with Crippen LogP contribution in [0.15, 0.2) is 30.3 Å². The zero-order chi connectivity index (χ0) is 15.7. The Kier molecular flexibility index (Phi) is 4.10. The zero-order valence-corrected chi connectivity index (χ0v) is 14.1. The van der Waals surface area contributed by atoms with Gasteiger partial charge < -0.3 is 9.64 Å². The maximum atomic E-state index is 11.6. The van der Waals surface area contributed by atoms with Gasteiger partial charge in [0.15, 0.2) is 15.2 Å². The molecule has 3 rings (SSSR count). The van der Waals surface area contributed by atoms with Crippen molar-refractivity contribution in [2.24, 2.45) is 0 Å². The minimum atomic E-state index is -0.439. The third-order valence-electron chi connectivity index (χ3n) is 4.05. The van der Waals surface area contributed by atoms with Crippen LogP contribution in [0, 0.1) is 0 Å². The Balaban J connectivity index is 1.78. The number of carbonyl (C=O) groups excluding carboxylic acids is 1. The first-order chi connectivity index (χ1) is 10.6. The van der Waals surface area contributed by atoms with Crippen molar-refractivity contribution < 1.29 is 9.53 Å². The van der Waals surface area contributed by atoms with E-state index in [9.17, 15) is 4.79 Å². The number of thiazole rings is 1. The summed E-state index contributed by atoms with van der Waals surface area (Å²) < 4.78 is 4.72. The normalized spacial score (nSPS) is 15.4. The van der Waals surface area contributed by atoms with Gasteiger partial charge in [-0.2, -0.15) is 0 Å². The number of aromatic nitrogens is 1. The SMILES string of the molecule is COC(=O)c1sc(N(C)CC2(c3ccccc3)CC2)nc1Cl. The summed E-state index contributed by atoms with van der Waals surface area (Å²) in [5, 5.41) is 0.955. The Bertz CT molecular complexity index is 683. The van der Waals surface area contributed by atoms with E-state index in [0.29, 0.717) is 4.88 Å². The van der Waals surface area contributed by atoms with Crippen LogP contribution in [-0.4, -0.2) is 31.7 Å². The van der Waals surface area contributed by atoms with E-state index in [1.165, 1.54) is 36.9 Å². The molecule has 0 N–H and O–H groups in total. The van der Waals surface area contributed by atoms with Gasteiger partial charge >= 0.3 is 5.97 Å². The number of carbonyl (C=O) groups is 1. The van der Waals surface area contributed by atoms with Crippen LogP contribution in [0.25, 0.3) is 0 Å². The van der Waals surface area contributed by atoms with Gasteiger partial charge in [0.25, 0.3) is 0 Å². The Morgan fingerprint density at radius 1 is 1.41 bits per heavy atom. The molecule has 1 aromatic carbocycles. The molecule has 0 bridgehead atoms. The summed E-state index contributed by atoms with van der Waals surface area (Å²) in [7, 11) is 3.33. The Labute approximate surface area is 138 Å². The number of esters is 1. The third kappa shape index (κ3) is 2.83. The number of hydrogen-bond donors (Lipinski definition) is 0. The molecule has 116 valence electrons. The highest BCUT2D eigenvalue weighted by Crippen LogP contribution is 2.49. The summed E-state index contributed by atoms with van der Waals surface area (Å²) in [6.45, 7) is 0.863. The summed E-state index contributed by atoms with van der Waals surface area (Å²) in [6.07, 6.45) is 2.34. The van der Waals surface area contributed by atoms with Crippen LogP contribution >= 0.6 is 22.9 Å². The fourth-order valence-electron chi connectivity index (χ4n) is 2.68. The average Bonchev–Trinajstić information content (AvgIpc) is 3.21. The van der Waals surface area contributed by atoms with E-state index in [0.717, 1.165) is 11.7 Å². The smallest absolute Gasteiger partial charge is 0.351 e. The molecular formula is C16H17ClN2O2S. The van der Waals surface area contributed by atoms with Crippen LogP contribution in [0.2, 0.25) is 5.15 Å². The van der Waals surface area contributed by atoms with E-state index in [-0.39, 0.29) is 10.6 Å². The fraction of sp³-hybridized carbons (Fsp3) is 0.375. The van der Waals surface area contributed by atoms with Crippen molar-refractivity contribution in [3.8, 4) is 0 Å². The molecule has 0 atom stereocenters. The number of methoxy groups -OCH3 is 1. The van der Waals surface area contributed by atoms with E-state index in [1.54, 1.807) is 0 Å². The molecule has 1 aromatic heterocycles. The Hall–Kier alpha value is -1.59. The maximum absolute atomic E-state index is 11.6. The highest BCUT2D eigenvalue weighted by atomic mass is 35.5. The quantitative estimate of drug-likeness (QED) is 0.780. The van der Waals surface area contributed by atoms with E-state index >= 15 is 0 Å².